The molecule has 0 bridgehead atoms. The van der Waals surface area contributed by atoms with E-state index >= 15 is 0 Å². The van der Waals surface area contributed by atoms with Gasteiger partial charge in [0.2, 0.25) is 0 Å². The number of hydrogen-bond donors (Lipinski definition) is 0. The zero-order valence-electron chi connectivity index (χ0n) is 7.92. The van der Waals surface area contributed by atoms with Gasteiger partial charge in [0.05, 0.1) is 0 Å². The van der Waals surface area contributed by atoms with E-state index in [-0.39, 0.29) is 0 Å². The van der Waals surface area contributed by atoms with E-state index in [1.165, 1.54) is 17.7 Å². The van der Waals surface area contributed by atoms with Gasteiger partial charge < -0.3 is 4.90 Å². The molecule has 0 aromatic heterocycles. The zero-order chi connectivity index (χ0) is 9.97. The van der Waals surface area contributed by atoms with Crippen molar-refractivity contribution in [1.29, 1.82) is 0 Å². The molecule has 1 aromatic rings. The second kappa shape index (κ2) is 4.67. The van der Waals surface area contributed by atoms with E-state index < -0.39 is 0 Å². The minimum atomic E-state index is 0.630. The van der Waals surface area contributed by atoms with Crippen LogP contribution in [0.5, 0.6) is 0 Å². The first-order valence-electron chi connectivity index (χ1n) is 4.83. The highest BCUT2D eigenvalue weighted by molar-refractivity contribution is 9.09. The van der Waals surface area contributed by atoms with Gasteiger partial charge in [-0.3, -0.25) is 0 Å². The van der Waals surface area contributed by atoms with E-state index in [2.05, 4.69) is 61.0 Å². The van der Waals surface area contributed by atoms with Gasteiger partial charge in [-0.25, -0.2) is 0 Å². The summed E-state index contributed by atoms with van der Waals surface area (Å²) in [5, 5.41) is 2.08. The summed E-state index contributed by atoms with van der Waals surface area (Å²) in [5.74, 6) is 0. The van der Waals surface area contributed by atoms with Crippen molar-refractivity contribution >= 4 is 37.5 Å². The number of rotatable bonds is 3. The largest absolute Gasteiger partial charge is 0.366 e. The van der Waals surface area contributed by atoms with E-state index in [9.17, 15) is 0 Å². The van der Waals surface area contributed by atoms with Gasteiger partial charge in [-0.05, 0) is 18.1 Å². The maximum absolute atomic E-state index is 3.59. The first-order chi connectivity index (χ1) is 6.86. The van der Waals surface area contributed by atoms with Crippen molar-refractivity contribution in [3.63, 3.8) is 0 Å². The smallest absolute Gasteiger partial charge is 0.0428 e. The molecule has 0 aliphatic carbocycles. The van der Waals surface area contributed by atoms with Gasteiger partial charge >= 0.3 is 0 Å². The van der Waals surface area contributed by atoms with Gasteiger partial charge in [0.15, 0.2) is 0 Å². The molecular weight excluding hydrogens is 306 g/mol. The maximum Gasteiger partial charge on any atom is 0.0428 e. The normalized spacial score (nSPS) is 19.9. The monoisotopic (exact) mass is 317 g/mol. The van der Waals surface area contributed by atoms with Crippen LogP contribution in [0.3, 0.4) is 0 Å². The van der Waals surface area contributed by atoms with Gasteiger partial charge in [-0.15, -0.1) is 0 Å². The van der Waals surface area contributed by atoms with E-state index in [1.807, 2.05) is 0 Å². The number of para-hydroxylation sites is 1. The van der Waals surface area contributed by atoms with E-state index in [0.29, 0.717) is 6.04 Å². The fourth-order valence-electron chi connectivity index (χ4n) is 2.06. The van der Waals surface area contributed by atoms with Crippen LogP contribution >= 0.6 is 31.9 Å². The van der Waals surface area contributed by atoms with Crippen LogP contribution < -0.4 is 4.90 Å². The standard InChI is InChI=1S/C11H13Br2N/c12-5-6-14-10(8-13)7-9-3-1-2-4-11(9)14/h1-4,10H,5-8H2. The van der Waals surface area contributed by atoms with Crippen molar-refractivity contribution in [2.45, 2.75) is 12.5 Å². The quantitative estimate of drug-likeness (QED) is 0.774. The lowest BCUT2D eigenvalue weighted by atomic mass is 10.1. The lowest BCUT2D eigenvalue weighted by Crippen LogP contribution is -2.34. The predicted octanol–water partition coefficient (Wildman–Crippen LogP) is 3.21. The number of alkyl halides is 2. The third-order valence-electron chi connectivity index (χ3n) is 2.70. The highest BCUT2D eigenvalue weighted by Crippen LogP contribution is 2.32. The average molecular weight is 319 g/mol. The van der Waals surface area contributed by atoms with Crippen molar-refractivity contribution in [2.75, 3.05) is 22.1 Å². The van der Waals surface area contributed by atoms with Crippen LogP contribution in [0.1, 0.15) is 5.56 Å². The first kappa shape index (κ1) is 10.5. The van der Waals surface area contributed by atoms with Crippen molar-refractivity contribution in [1.82, 2.24) is 0 Å². The Labute approximate surface area is 102 Å². The number of anilines is 1. The number of nitrogens with zero attached hydrogens (tertiary/aromatic N) is 1. The molecule has 0 radical (unpaired) electrons. The summed E-state index contributed by atoms with van der Waals surface area (Å²) in [4.78, 5) is 2.48. The summed E-state index contributed by atoms with van der Waals surface area (Å²) in [6.07, 6.45) is 1.18. The summed E-state index contributed by atoms with van der Waals surface area (Å²) in [6, 6.07) is 9.34. The molecule has 14 heavy (non-hydrogen) atoms. The van der Waals surface area contributed by atoms with Gasteiger partial charge in [-0.1, -0.05) is 50.1 Å². The maximum atomic E-state index is 3.59. The molecular formula is C11H13Br2N. The molecule has 0 spiro atoms. The Bertz CT molecular complexity index is 314. The Morgan fingerprint density at radius 3 is 2.79 bits per heavy atom. The molecule has 0 saturated carbocycles. The molecule has 1 unspecified atom stereocenters. The molecule has 0 fully saturated rings. The lowest BCUT2D eigenvalue weighted by molar-refractivity contribution is 0.707. The molecule has 3 heteroatoms. The van der Waals surface area contributed by atoms with Gasteiger partial charge in [-0.2, -0.15) is 0 Å². The molecule has 0 saturated heterocycles. The van der Waals surface area contributed by atoms with E-state index in [0.717, 1.165) is 17.2 Å². The molecule has 1 aliphatic rings. The summed E-state index contributed by atoms with van der Waals surface area (Å²) < 4.78 is 0. The Balaban J connectivity index is 2.27. The number of benzene rings is 1. The van der Waals surface area contributed by atoms with Crippen molar-refractivity contribution in [3.05, 3.63) is 29.8 Å². The Hall–Kier alpha value is -0.0200. The highest BCUT2D eigenvalue weighted by Gasteiger charge is 2.26. The second-order valence-corrected chi connectivity index (χ2v) is 4.96. The minimum absolute atomic E-state index is 0.630. The fourth-order valence-corrected chi connectivity index (χ4v) is 3.02. The third kappa shape index (κ3) is 1.84. The SMILES string of the molecule is BrCCN1c2ccccc2CC1CBr. The van der Waals surface area contributed by atoms with Crippen molar-refractivity contribution < 1.29 is 0 Å². The molecule has 1 aromatic carbocycles. The molecule has 76 valence electrons. The van der Waals surface area contributed by atoms with Crippen LogP contribution in [0.4, 0.5) is 5.69 Å². The van der Waals surface area contributed by atoms with Crippen LogP contribution in [0.2, 0.25) is 0 Å². The summed E-state index contributed by atoms with van der Waals surface area (Å²) >= 11 is 7.10. The minimum Gasteiger partial charge on any atom is -0.366 e. The molecule has 0 amide bonds. The Morgan fingerprint density at radius 2 is 2.07 bits per heavy atom. The number of hydrogen-bond acceptors (Lipinski definition) is 1. The first-order valence-corrected chi connectivity index (χ1v) is 7.07. The van der Waals surface area contributed by atoms with Crippen LogP contribution in [0.15, 0.2) is 24.3 Å². The summed E-state index contributed by atoms with van der Waals surface area (Å²) in [6.45, 7) is 1.09. The van der Waals surface area contributed by atoms with Crippen LogP contribution in [0, 0.1) is 0 Å². The molecule has 1 atom stereocenters. The molecule has 0 N–H and O–H groups in total. The van der Waals surface area contributed by atoms with Crippen LogP contribution in [-0.4, -0.2) is 23.2 Å². The van der Waals surface area contributed by atoms with Crippen LogP contribution in [-0.2, 0) is 6.42 Å². The zero-order valence-corrected chi connectivity index (χ0v) is 11.1. The highest BCUT2D eigenvalue weighted by atomic mass is 79.9. The van der Waals surface area contributed by atoms with Crippen molar-refractivity contribution in [2.24, 2.45) is 0 Å². The predicted molar refractivity (Wildman–Crippen MR) is 68.9 cm³/mol. The molecule has 2 rings (SSSR count). The number of halogens is 2. The molecule has 1 aliphatic heterocycles. The van der Waals surface area contributed by atoms with Gasteiger partial charge in [0.1, 0.15) is 0 Å². The lowest BCUT2D eigenvalue weighted by Gasteiger charge is -2.25. The fraction of sp³-hybridized carbons (Fsp3) is 0.455. The Kier molecular flexibility index (Phi) is 3.50. The van der Waals surface area contributed by atoms with Gasteiger partial charge in [0, 0.05) is 28.9 Å². The van der Waals surface area contributed by atoms with Crippen LogP contribution in [0.25, 0.3) is 0 Å². The summed E-state index contributed by atoms with van der Waals surface area (Å²) in [7, 11) is 0. The average Bonchev–Trinajstić information content (AvgIpc) is 2.58. The van der Waals surface area contributed by atoms with Gasteiger partial charge in [0.25, 0.3) is 0 Å². The van der Waals surface area contributed by atoms with E-state index in [4.69, 9.17) is 0 Å². The van der Waals surface area contributed by atoms with Crippen molar-refractivity contribution in [3.8, 4) is 0 Å². The summed E-state index contributed by atoms with van der Waals surface area (Å²) in [5.41, 5.74) is 2.90. The Morgan fingerprint density at radius 1 is 1.29 bits per heavy atom. The van der Waals surface area contributed by atoms with E-state index in [1.54, 1.807) is 0 Å². The molecule has 1 nitrogen and oxygen atoms in total. The third-order valence-corrected chi connectivity index (χ3v) is 3.80. The molecule has 1 heterocycles. The second-order valence-electron chi connectivity index (χ2n) is 3.52. The topological polar surface area (TPSA) is 3.24 Å². The number of fused-ring (bicyclic) bond motifs is 1.